The molecule has 2 aliphatic rings. The molecule has 64 valence electrons. The van der Waals surface area contributed by atoms with Crippen LogP contribution in [0, 0.1) is 0 Å². The van der Waals surface area contributed by atoms with Gasteiger partial charge in [0, 0.05) is 19.6 Å². The molecular weight excluding hydrogens is 140 g/mol. The fraction of sp³-hybridized carbons (Fsp3) is 1.00. The van der Waals surface area contributed by atoms with Crippen molar-refractivity contribution in [2.24, 2.45) is 0 Å². The van der Waals surface area contributed by atoms with Crippen molar-refractivity contribution >= 4 is 0 Å². The summed E-state index contributed by atoms with van der Waals surface area (Å²) in [6, 6.07) is 0. The summed E-state index contributed by atoms with van der Waals surface area (Å²) in [6.45, 7) is 8.66. The zero-order chi connectivity index (χ0) is 7.73. The molecular formula is C8H16N2O. The van der Waals surface area contributed by atoms with Gasteiger partial charge < -0.3 is 10.1 Å². The van der Waals surface area contributed by atoms with E-state index in [0.29, 0.717) is 5.54 Å². The van der Waals surface area contributed by atoms with Crippen LogP contribution in [0.15, 0.2) is 0 Å². The lowest BCUT2D eigenvalue weighted by atomic mass is 9.93. The Morgan fingerprint density at radius 3 is 2.82 bits per heavy atom. The van der Waals surface area contributed by atoms with Crippen molar-refractivity contribution in [1.29, 1.82) is 0 Å². The van der Waals surface area contributed by atoms with Gasteiger partial charge in [-0.25, -0.2) is 0 Å². The molecule has 3 heteroatoms. The van der Waals surface area contributed by atoms with Gasteiger partial charge in [-0.15, -0.1) is 0 Å². The molecule has 2 saturated heterocycles. The summed E-state index contributed by atoms with van der Waals surface area (Å²) in [5.41, 5.74) is 0.368. The van der Waals surface area contributed by atoms with Crippen molar-refractivity contribution in [2.75, 3.05) is 39.4 Å². The lowest BCUT2D eigenvalue weighted by molar-refractivity contribution is -0.146. The van der Waals surface area contributed by atoms with Crippen LogP contribution in [0.2, 0.25) is 0 Å². The van der Waals surface area contributed by atoms with E-state index in [0.717, 1.165) is 32.8 Å². The Hall–Kier alpha value is -0.120. The van der Waals surface area contributed by atoms with Gasteiger partial charge in [-0.05, 0) is 6.54 Å². The van der Waals surface area contributed by atoms with Crippen molar-refractivity contribution in [3.05, 3.63) is 0 Å². The number of hydrogen-bond acceptors (Lipinski definition) is 3. The quantitative estimate of drug-likeness (QED) is 0.563. The first kappa shape index (κ1) is 7.53. The van der Waals surface area contributed by atoms with E-state index in [-0.39, 0.29) is 0 Å². The van der Waals surface area contributed by atoms with E-state index in [1.165, 1.54) is 6.54 Å². The summed E-state index contributed by atoms with van der Waals surface area (Å²) in [7, 11) is 0. The molecule has 0 atom stereocenters. The summed E-state index contributed by atoms with van der Waals surface area (Å²) >= 11 is 0. The molecule has 0 unspecified atom stereocenters. The lowest BCUT2D eigenvalue weighted by Crippen LogP contribution is -2.70. The van der Waals surface area contributed by atoms with Crippen LogP contribution in [0.1, 0.15) is 6.92 Å². The molecule has 0 aromatic heterocycles. The number of rotatable bonds is 1. The number of piperazine rings is 1. The van der Waals surface area contributed by atoms with Crippen molar-refractivity contribution in [3.8, 4) is 0 Å². The predicted octanol–water partition coefficient (Wildman–Crippen LogP) is -0.319. The summed E-state index contributed by atoms with van der Waals surface area (Å²) < 4.78 is 5.27. The van der Waals surface area contributed by atoms with Gasteiger partial charge in [-0.2, -0.15) is 0 Å². The van der Waals surface area contributed by atoms with E-state index in [1.54, 1.807) is 0 Å². The third-order valence-corrected chi connectivity index (χ3v) is 2.81. The minimum atomic E-state index is 0.368. The zero-order valence-corrected chi connectivity index (χ0v) is 7.10. The SMILES string of the molecule is CCN1CCNCC12COC2. The minimum Gasteiger partial charge on any atom is -0.377 e. The number of hydrogen-bond donors (Lipinski definition) is 1. The molecule has 2 fully saturated rings. The fourth-order valence-electron chi connectivity index (χ4n) is 2.00. The molecule has 2 aliphatic heterocycles. The van der Waals surface area contributed by atoms with Crippen molar-refractivity contribution in [1.82, 2.24) is 10.2 Å². The average molecular weight is 156 g/mol. The predicted molar refractivity (Wildman–Crippen MR) is 43.7 cm³/mol. The van der Waals surface area contributed by atoms with E-state index >= 15 is 0 Å². The minimum absolute atomic E-state index is 0.368. The average Bonchev–Trinajstić information content (AvgIpc) is 2.01. The maximum Gasteiger partial charge on any atom is 0.0804 e. The summed E-state index contributed by atoms with van der Waals surface area (Å²) in [5, 5.41) is 3.42. The van der Waals surface area contributed by atoms with Gasteiger partial charge in [0.15, 0.2) is 0 Å². The first-order valence-corrected chi connectivity index (χ1v) is 4.41. The van der Waals surface area contributed by atoms with Gasteiger partial charge in [-0.1, -0.05) is 6.92 Å². The highest BCUT2D eigenvalue weighted by Gasteiger charge is 2.44. The Morgan fingerprint density at radius 2 is 2.36 bits per heavy atom. The number of nitrogens with zero attached hydrogens (tertiary/aromatic N) is 1. The maximum atomic E-state index is 5.27. The summed E-state index contributed by atoms with van der Waals surface area (Å²) in [6.07, 6.45) is 0. The molecule has 2 rings (SSSR count). The van der Waals surface area contributed by atoms with E-state index in [9.17, 15) is 0 Å². The standard InChI is InChI=1S/C8H16N2O/c1-2-10-4-3-9-5-8(10)6-11-7-8/h9H,2-7H2,1H3. The van der Waals surface area contributed by atoms with E-state index in [1.807, 2.05) is 0 Å². The van der Waals surface area contributed by atoms with Gasteiger partial charge in [0.25, 0.3) is 0 Å². The number of ether oxygens (including phenoxy) is 1. The molecule has 0 saturated carbocycles. The first-order valence-electron chi connectivity index (χ1n) is 4.41. The third-order valence-electron chi connectivity index (χ3n) is 2.81. The first-order chi connectivity index (χ1) is 5.37. The highest BCUT2D eigenvalue weighted by atomic mass is 16.5. The Morgan fingerprint density at radius 1 is 1.55 bits per heavy atom. The Bertz CT molecular complexity index is 145. The number of likely N-dealkylation sites (N-methyl/N-ethyl adjacent to an activating group) is 1. The molecule has 0 amide bonds. The van der Waals surface area contributed by atoms with Crippen LogP contribution in [0.25, 0.3) is 0 Å². The van der Waals surface area contributed by atoms with Crippen molar-refractivity contribution in [2.45, 2.75) is 12.5 Å². The molecule has 0 aromatic carbocycles. The molecule has 0 aromatic rings. The van der Waals surface area contributed by atoms with Gasteiger partial charge in [-0.3, -0.25) is 4.90 Å². The molecule has 0 radical (unpaired) electrons. The normalized spacial score (nSPS) is 30.3. The molecule has 3 nitrogen and oxygen atoms in total. The topological polar surface area (TPSA) is 24.5 Å². The Labute approximate surface area is 67.7 Å². The molecule has 2 heterocycles. The van der Waals surface area contributed by atoms with Gasteiger partial charge in [0.1, 0.15) is 0 Å². The van der Waals surface area contributed by atoms with Crippen LogP contribution < -0.4 is 5.32 Å². The molecule has 0 aliphatic carbocycles. The second kappa shape index (κ2) is 2.73. The van der Waals surface area contributed by atoms with E-state index < -0.39 is 0 Å². The molecule has 0 bridgehead atoms. The number of nitrogens with one attached hydrogen (secondary N) is 1. The smallest absolute Gasteiger partial charge is 0.0804 e. The van der Waals surface area contributed by atoms with Crippen LogP contribution in [-0.4, -0.2) is 49.8 Å². The Kier molecular flexibility index (Phi) is 1.87. The van der Waals surface area contributed by atoms with Gasteiger partial charge in [0.05, 0.1) is 18.8 Å². The molecule has 11 heavy (non-hydrogen) atoms. The fourth-order valence-corrected chi connectivity index (χ4v) is 2.00. The third kappa shape index (κ3) is 1.08. The monoisotopic (exact) mass is 156 g/mol. The molecule has 1 spiro atoms. The second-order valence-electron chi connectivity index (χ2n) is 3.47. The van der Waals surface area contributed by atoms with Crippen LogP contribution in [0.5, 0.6) is 0 Å². The lowest BCUT2D eigenvalue weighted by Gasteiger charge is -2.52. The van der Waals surface area contributed by atoms with Crippen molar-refractivity contribution < 1.29 is 4.74 Å². The largest absolute Gasteiger partial charge is 0.377 e. The molecule has 1 N–H and O–H groups in total. The summed E-state index contributed by atoms with van der Waals surface area (Å²) in [4.78, 5) is 2.53. The van der Waals surface area contributed by atoms with Gasteiger partial charge >= 0.3 is 0 Å². The van der Waals surface area contributed by atoms with Crippen LogP contribution in [-0.2, 0) is 4.74 Å². The van der Waals surface area contributed by atoms with Crippen LogP contribution >= 0.6 is 0 Å². The highest BCUT2D eigenvalue weighted by Crippen LogP contribution is 2.25. The van der Waals surface area contributed by atoms with Gasteiger partial charge in [0.2, 0.25) is 0 Å². The zero-order valence-electron chi connectivity index (χ0n) is 7.10. The summed E-state index contributed by atoms with van der Waals surface area (Å²) in [5.74, 6) is 0. The van der Waals surface area contributed by atoms with Crippen LogP contribution in [0.3, 0.4) is 0 Å². The van der Waals surface area contributed by atoms with E-state index in [4.69, 9.17) is 4.74 Å². The highest BCUT2D eigenvalue weighted by molar-refractivity contribution is 5.00. The van der Waals surface area contributed by atoms with Crippen molar-refractivity contribution in [3.63, 3.8) is 0 Å². The van der Waals surface area contributed by atoms with Crippen LogP contribution in [0.4, 0.5) is 0 Å². The van der Waals surface area contributed by atoms with E-state index in [2.05, 4.69) is 17.1 Å². The maximum absolute atomic E-state index is 5.27. The second-order valence-corrected chi connectivity index (χ2v) is 3.47. The Balaban J connectivity index is 2.02.